The number of ether oxygens (including phenoxy) is 2. The molecule has 0 aliphatic rings. The Balaban J connectivity index is 3.06. The average Bonchev–Trinajstić information content (AvgIpc) is 2.39. The largest absolute Gasteiger partial charge is 0.465 e. The van der Waals surface area contributed by atoms with Gasteiger partial charge >= 0.3 is 11.9 Å². The predicted octanol–water partition coefficient (Wildman–Crippen LogP) is 0.710. The van der Waals surface area contributed by atoms with Crippen molar-refractivity contribution in [3.63, 3.8) is 0 Å². The Kier molecular flexibility index (Phi) is 5.76. The van der Waals surface area contributed by atoms with Gasteiger partial charge < -0.3 is 9.47 Å². The number of ketones is 1. The molecule has 7 nitrogen and oxygen atoms in total. The zero-order valence-corrected chi connectivity index (χ0v) is 11.6. The minimum atomic E-state index is -1.65. The zero-order valence-electron chi connectivity index (χ0n) is 11.6. The van der Waals surface area contributed by atoms with Crippen molar-refractivity contribution in [2.45, 2.75) is 20.8 Å². The first-order chi connectivity index (χ1) is 9.51. The van der Waals surface area contributed by atoms with Gasteiger partial charge in [0.15, 0.2) is 0 Å². The fraction of sp³-hybridized carbons (Fsp3) is 0.462. The van der Waals surface area contributed by atoms with Crippen molar-refractivity contribution in [1.29, 1.82) is 0 Å². The number of carbonyl (C=O) groups is 3. The highest BCUT2D eigenvalue weighted by Crippen LogP contribution is 2.11. The van der Waals surface area contributed by atoms with Gasteiger partial charge in [-0.15, -0.1) is 0 Å². The molecule has 0 N–H and O–H groups in total. The molecule has 1 aromatic heterocycles. The summed E-state index contributed by atoms with van der Waals surface area (Å²) >= 11 is 0. The summed E-state index contributed by atoms with van der Waals surface area (Å²) in [5.74, 6) is -3.92. The van der Waals surface area contributed by atoms with Crippen LogP contribution in [-0.2, 0) is 19.1 Å². The monoisotopic (exact) mass is 280 g/mol. The molecule has 1 aromatic rings. The van der Waals surface area contributed by atoms with Crippen molar-refractivity contribution in [1.82, 2.24) is 9.97 Å². The Morgan fingerprint density at radius 1 is 1.15 bits per heavy atom. The molecule has 0 spiro atoms. The van der Waals surface area contributed by atoms with Gasteiger partial charge in [0, 0.05) is 6.20 Å². The van der Waals surface area contributed by atoms with E-state index >= 15 is 0 Å². The number of rotatable bonds is 6. The SMILES string of the molecule is CCOC(=O)C(C(=O)OCC)C(=O)c1ccnc(C)n1. The van der Waals surface area contributed by atoms with E-state index in [2.05, 4.69) is 9.97 Å². The number of hydrogen-bond donors (Lipinski definition) is 0. The van der Waals surface area contributed by atoms with Crippen LogP contribution in [-0.4, -0.2) is 40.9 Å². The molecule has 1 rings (SSSR count). The van der Waals surface area contributed by atoms with Gasteiger partial charge in [0.05, 0.1) is 13.2 Å². The summed E-state index contributed by atoms with van der Waals surface area (Å²) in [5.41, 5.74) is -0.0244. The molecule has 0 atom stereocenters. The van der Waals surface area contributed by atoms with Crippen molar-refractivity contribution in [3.8, 4) is 0 Å². The normalized spacial score (nSPS) is 10.2. The zero-order chi connectivity index (χ0) is 15.1. The highest BCUT2D eigenvalue weighted by molar-refractivity contribution is 6.20. The van der Waals surface area contributed by atoms with Crippen LogP contribution in [0.15, 0.2) is 12.3 Å². The van der Waals surface area contributed by atoms with Crippen molar-refractivity contribution in [2.75, 3.05) is 13.2 Å². The summed E-state index contributed by atoms with van der Waals surface area (Å²) in [6.07, 6.45) is 1.38. The number of aromatic nitrogens is 2. The standard InChI is InChI=1S/C13H16N2O5/c1-4-19-12(17)10(13(18)20-5-2)11(16)9-6-7-14-8(3)15-9/h6-7,10H,4-5H2,1-3H3. The first-order valence-electron chi connectivity index (χ1n) is 6.18. The second-order valence-corrected chi connectivity index (χ2v) is 3.79. The number of carbonyl (C=O) groups excluding carboxylic acids is 3. The molecule has 0 aliphatic heterocycles. The maximum absolute atomic E-state index is 12.2. The molecule has 0 unspecified atom stereocenters. The average molecular weight is 280 g/mol. The predicted molar refractivity (Wildman–Crippen MR) is 67.9 cm³/mol. The van der Waals surface area contributed by atoms with E-state index in [1.165, 1.54) is 12.3 Å². The van der Waals surface area contributed by atoms with Crippen LogP contribution in [0.1, 0.15) is 30.2 Å². The van der Waals surface area contributed by atoms with Gasteiger partial charge in [-0.3, -0.25) is 14.4 Å². The molecular weight excluding hydrogens is 264 g/mol. The number of nitrogens with zero attached hydrogens (tertiary/aromatic N) is 2. The fourth-order valence-corrected chi connectivity index (χ4v) is 1.50. The van der Waals surface area contributed by atoms with E-state index in [0.717, 1.165) is 0 Å². The van der Waals surface area contributed by atoms with Crippen molar-refractivity contribution in [2.24, 2.45) is 5.92 Å². The van der Waals surface area contributed by atoms with E-state index in [9.17, 15) is 14.4 Å². The van der Waals surface area contributed by atoms with E-state index in [0.29, 0.717) is 5.82 Å². The van der Waals surface area contributed by atoms with E-state index in [1.54, 1.807) is 20.8 Å². The summed E-state index contributed by atoms with van der Waals surface area (Å²) in [6, 6.07) is 1.33. The lowest BCUT2D eigenvalue weighted by atomic mass is 10.0. The fourth-order valence-electron chi connectivity index (χ4n) is 1.50. The number of hydrogen-bond acceptors (Lipinski definition) is 7. The summed E-state index contributed by atoms with van der Waals surface area (Å²) < 4.78 is 9.48. The van der Waals surface area contributed by atoms with Gasteiger partial charge in [0.2, 0.25) is 11.7 Å². The summed E-state index contributed by atoms with van der Waals surface area (Å²) in [6.45, 7) is 4.88. The van der Waals surface area contributed by atoms with E-state index in [1.807, 2.05) is 0 Å². The van der Waals surface area contributed by atoms with E-state index in [-0.39, 0.29) is 18.9 Å². The Morgan fingerprint density at radius 2 is 1.70 bits per heavy atom. The molecule has 20 heavy (non-hydrogen) atoms. The van der Waals surface area contributed by atoms with Crippen LogP contribution in [0, 0.1) is 12.8 Å². The third-order valence-electron chi connectivity index (χ3n) is 2.34. The molecule has 0 saturated carbocycles. The number of aryl methyl sites for hydroxylation is 1. The minimum Gasteiger partial charge on any atom is -0.465 e. The third kappa shape index (κ3) is 3.84. The van der Waals surface area contributed by atoms with E-state index in [4.69, 9.17) is 9.47 Å². The molecule has 0 saturated heterocycles. The molecule has 108 valence electrons. The molecular formula is C13H16N2O5. The Hall–Kier alpha value is -2.31. The lowest BCUT2D eigenvalue weighted by Gasteiger charge is -2.13. The number of esters is 2. The molecule has 0 amide bonds. The van der Waals surface area contributed by atoms with Crippen LogP contribution in [0.5, 0.6) is 0 Å². The quantitative estimate of drug-likeness (QED) is 0.430. The molecule has 0 fully saturated rings. The Morgan fingerprint density at radius 3 is 2.15 bits per heavy atom. The molecule has 7 heteroatoms. The first kappa shape index (κ1) is 15.7. The van der Waals surface area contributed by atoms with Crippen LogP contribution in [0.4, 0.5) is 0 Å². The third-order valence-corrected chi connectivity index (χ3v) is 2.34. The summed E-state index contributed by atoms with van der Waals surface area (Å²) in [4.78, 5) is 43.5. The van der Waals surface area contributed by atoms with Gasteiger partial charge in [0.25, 0.3) is 0 Å². The van der Waals surface area contributed by atoms with Gasteiger partial charge in [-0.2, -0.15) is 0 Å². The maximum Gasteiger partial charge on any atom is 0.328 e. The maximum atomic E-state index is 12.2. The second kappa shape index (κ2) is 7.32. The van der Waals surface area contributed by atoms with Crippen molar-refractivity contribution < 1.29 is 23.9 Å². The summed E-state index contributed by atoms with van der Waals surface area (Å²) in [7, 11) is 0. The molecule has 1 heterocycles. The van der Waals surface area contributed by atoms with Crippen molar-refractivity contribution in [3.05, 3.63) is 23.8 Å². The Bertz CT molecular complexity index is 497. The van der Waals surface area contributed by atoms with Crippen LogP contribution >= 0.6 is 0 Å². The van der Waals surface area contributed by atoms with Crippen LogP contribution in [0.2, 0.25) is 0 Å². The van der Waals surface area contributed by atoms with Gasteiger partial charge in [0.1, 0.15) is 11.5 Å². The molecule has 0 aromatic carbocycles. The van der Waals surface area contributed by atoms with Crippen LogP contribution in [0.3, 0.4) is 0 Å². The topological polar surface area (TPSA) is 95.5 Å². The van der Waals surface area contributed by atoms with Crippen LogP contribution in [0.25, 0.3) is 0 Å². The smallest absolute Gasteiger partial charge is 0.328 e. The molecule has 0 bridgehead atoms. The van der Waals surface area contributed by atoms with Gasteiger partial charge in [-0.05, 0) is 26.8 Å². The highest BCUT2D eigenvalue weighted by atomic mass is 16.6. The van der Waals surface area contributed by atoms with Gasteiger partial charge in [-0.1, -0.05) is 0 Å². The first-order valence-corrected chi connectivity index (χ1v) is 6.18. The summed E-state index contributed by atoms with van der Waals surface area (Å²) in [5, 5.41) is 0. The molecule has 0 radical (unpaired) electrons. The lowest BCUT2D eigenvalue weighted by Crippen LogP contribution is -2.35. The highest BCUT2D eigenvalue weighted by Gasteiger charge is 2.38. The van der Waals surface area contributed by atoms with Crippen LogP contribution < -0.4 is 0 Å². The minimum absolute atomic E-state index is 0.0244. The Labute approximate surface area is 116 Å². The van der Waals surface area contributed by atoms with E-state index < -0.39 is 23.6 Å². The molecule has 0 aliphatic carbocycles. The second-order valence-electron chi connectivity index (χ2n) is 3.79. The van der Waals surface area contributed by atoms with Crippen molar-refractivity contribution >= 4 is 17.7 Å². The lowest BCUT2D eigenvalue weighted by molar-refractivity contribution is -0.158. The van der Waals surface area contributed by atoms with Gasteiger partial charge in [-0.25, -0.2) is 9.97 Å². The number of Topliss-reactive ketones (excluding diaryl/α,β-unsaturated/α-hetero) is 1.